The van der Waals surface area contributed by atoms with Crippen molar-refractivity contribution in [3.63, 3.8) is 0 Å². The van der Waals surface area contributed by atoms with Gasteiger partial charge in [-0.2, -0.15) is 0 Å². The summed E-state index contributed by atoms with van der Waals surface area (Å²) in [5, 5.41) is 0.165. The van der Waals surface area contributed by atoms with Crippen LogP contribution in [0.3, 0.4) is 0 Å². The topological polar surface area (TPSA) is 68.7 Å². The molecule has 4 rings (SSSR count). The predicted molar refractivity (Wildman–Crippen MR) is 117 cm³/mol. The van der Waals surface area contributed by atoms with Gasteiger partial charge in [0.2, 0.25) is 0 Å². The van der Waals surface area contributed by atoms with E-state index >= 15 is 0 Å². The molecule has 33 heavy (non-hydrogen) atoms. The lowest BCUT2D eigenvalue weighted by Gasteiger charge is -2.25. The molecule has 1 amide bonds. The molecule has 1 atom stereocenters. The number of ether oxygens (including phenoxy) is 2. The number of para-hydroxylation sites is 1. The second kappa shape index (κ2) is 9.54. The van der Waals surface area contributed by atoms with Gasteiger partial charge in [-0.1, -0.05) is 35.9 Å². The molecule has 0 N–H and O–H groups in total. The summed E-state index contributed by atoms with van der Waals surface area (Å²) in [6.45, 7) is 1.21. The maximum absolute atomic E-state index is 13.1. The SMILES string of the molecule is CC(c1ccc(OCC(F)F)c(Cl)c1)N1Cc2c(ccnc2C(=O)Oc2ccccc2)C1=O. The highest BCUT2D eigenvalue weighted by Gasteiger charge is 2.35. The molecular weight excluding hydrogens is 454 g/mol. The van der Waals surface area contributed by atoms with E-state index < -0.39 is 25.0 Å². The molecule has 1 aliphatic heterocycles. The van der Waals surface area contributed by atoms with Gasteiger partial charge < -0.3 is 14.4 Å². The lowest BCUT2D eigenvalue weighted by atomic mass is 10.1. The van der Waals surface area contributed by atoms with E-state index in [0.717, 1.165) is 0 Å². The number of halogens is 3. The number of alkyl halides is 2. The fourth-order valence-electron chi connectivity index (χ4n) is 3.61. The van der Waals surface area contributed by atoms with E-state index in [2.05, 4.69) is 4.98 Å². The molecule has 9 heteroatoms. The third-order valence-corrected chi connectivity index (χ3v) is 5.59. The Balaban J connectivity index is 1.54. The smallest absolute Gasteiger partial charge is 0.362 e. The molecule has 6 nitrogen and oxygen atoms in total. The van der Waals surface area contributed by atoms with Gasteiger partial charge in [-0.3, -0.25) is 4.79 Å². The normalized spacial score (nSPS) is 13.7. The summed E-state index contributed by atoms with van der Waals surface area (Å²) in [6, 6.07) is 14.5. The van der Waals surface area contributed by atoms with Crippen molar-refractivity contribution in [2.45, 2.75) is 25.9 Å². The van der Waals surface area contributed by atoms with Crippen LogP contribution < -0.4 is 9.47 Å². The van der Waals surface area contributed by atoms with Crippen LogP contribution in [0.4, 0.5) is 8.78 Å². The number of nitrogens with zero attached hydrogens (tertiary/aromatic N) is 2. The van der Waals surface area contributed by atoms with E-state index in [1.54, 1.807) is 53.4 Å². The third-order valence-electron chi connectivity index (χ3n) is 5.29. The number of amides is 1. The van der Waals surface area contributed by atoms with Crippen LogP contribution >= 0.6 is 11.6 Å². The first-order valence-corrected chi connectivity index (χ1v) is 10.5. The fraction of sp³-hybridized carbons (Fsp3) is 0.208. The van der Waals surface area contributed by atoms with Crippen molar-refractivity contribution in [2.75, 3.05) is 6.61 Å². The molecule has 0 fully saturated rings. The maximum Gasteiger partial charge on any atom is 0.362 e. The van der Waals surface area contributed by atoms with Crippen molar-refractivity contribution >= 4 is 23.5 Å². The van der Waals surface area contributed by atoms with Crippen LogP contribution in [-0.4, -0.2) is 34.8 Å². The average molecular weight is 473 g/mol. The number of pyridine rings is 1. The number of carbonyl (C=O) groups is 2. The molecule has 2 aromatic carbocycles. The van der Waals surface area contributed by atoms with Crippen molar-refractivity contribution < 1.29 is 27.8 Å². The van der Waals surface area contributed by atoms with Gasteiger partial charge in [-0.15, -0.1) is 0 Å². The number of hydrogen-bond acceptors (Lipinski definition) is 5. The molecule has 0 saturated heterocycles. The summed E-state index contributed by atoms with van der Waals surface area (Å²) < 4.78 is 35.2. The summed E-state index contributed by atoms with van der Waals surface area (Å²) >= 11 is 6.19. The predicted octanol–water partition coefficient (Wildman–Crippen LogP) is 5.32. The number of esters is 1. The van der Waals surface area contributed by atoms with Crippen LogP contribution in [0.1, 0.15) is 44.9 Å². The quantitative estimate of drug-likeness (QED) is 0.344. The van der Waals surface area contributed by atoms with E-state index in [0.29, 0.717) is 22.4 Å². The summed E-state index contributed by atoms with van der Waals surface area (Å²) in [5.74, 6) is -0.397. The molecule has 0 spiro atoms. The molecule has 1 aromatic heterocycles. The Bertz CT molecular complexity index is 1190. The number of aromatic nitrogens is 1. The molecule has 3 aromatic rings. The summed E-state index contributed by atoms with van der Waals surface area (Å²) in [7, 11) is 0. The minimum Gasteiger partial charge on any atom is -0.486 e. The molecule has 0 aliphatic carbocycles. The molecular formula is C24H19ClF2N2O4. The summed E-state index contributed by atoms with van der Waals surface area (Å²) in [5.41, 5.74) is 1.62. The van der Waals surface area contributed by atoms with Crippen molar-refractivity contribution in [1.29, 1.82) is 0 Å². The van der Waals surface area contributed by atoms with Crippen molar-refractivity contribution in [2.24, 2.45) is 0 Å². The lowest BCUT2D eigenvalue weighted by Crippen LogP contribution is -2.27. The summed E-state index contributed by atoms with van der Waals surface area (Å²) in [6.07, 6.45) is -1.21. The van der Waals surface area contributed by atoms with Gasteiger partial charge in [0.1, 0.15) is 18.1 Å². The molecule has 0 radical (unpaired) electrons. The van der Waals surface area contributed by atoms with Crippen LogP contribution in [0.5, 0.6) is 11.5 Å². The Hall–Kier alpha value is -3.52. The van der Waals surface area contributed by atoms with E-state index in [-0.39, 0.29) is 28.9 Å². The number of rotatable bonds is 7. The van der Waals surface area contributed by atoms with E-state index in [1.807, 2.05) is 6.92 Å². The first-order chi connectivity index (χ1) is 15.8. The monoisotopic (exact) mass is 472 g/mol. The second-order valence-electron chi connectivity index (χ2n) is 7.39. The molecule has 2 heterocycles. The van der Waals surface area contributed by atoms with E-state index in [9.17, 15) is 18.4 Å². The van der Waals surface area contributed by atoms with Crippen molar-refractivity contribution in [3.8, 4) is 11.5 Å². The van der Waals surface area contributed by atoms with Gasteiger partial charge in [0, 0.05) is 23.9 Å². The number of fused-ring (bicyclic) bond motifs is 1. The average Bonchev–Trinajstić information content (AvgIpc) is 3.14. The number of hydrogen-bond donors (Lipinski definition) is 0. The van der Waals surface area contributed by atoms with Gasteiger partial charge in [0.05, 0.1) is 11.1 Å². The summed E-state index contributed by atoms with van der Waals surface area (Å²) in [4.78, 5) is 31.5. The molecule has 0 saturated carbocycles. The van der Waals surface area contributed by atoms with Crippen LogP contribution in [-0.2, 0) is 6.54 Å². The Morgan fingerprint density at radius 1 is 1.18 bits per heavy atom. The van der Waals surface area contributed by atoms with E-state index in [1.165, 1.54) is 12.3 Å². The van der Waals surface area contributed by atoms with Crippen LogP contribution in [0, 0.1) is 0 Å². The first kappa shape index (κ1) is 22.7. The van der Waals surface area contributed by atoms with Gasteiger partial charge in [0.25, 0.3) is 12.3 Å². The highest BCUT2D eigenvalue weighted by atomic mass is 35.5. The zero-order valence-electron chi connectivity index (χ0n) is 17.5. The third kappa shape index (κ3) is 4.80. The zero-order valence-corrected chi connectivity index (χ0v) is 18.3. The van der Waals surface area contributed by atoms with Gasteiger partial charge in [-0.25, -0.2) is 18.6 Å². The van der Waals surface area contributed by atoms with Gasteiger partial charge in [0.15, 0.2) is 5.69 Å². The zero-order chi connectivity index (χ0) is 23.5. The Kier molecular flexibility index (Phi) is 6.55. The second-order valence-corrected chi connectivity index (χ2v) is 7.80. The lowest BCUT2D eigenvalue weighted by molar-refractivity contribution is 0.0701. The largest absolute Gasteiger partial charge is 0.486 e. The first-order valence-electron chi connectivity index (χ1n) is 10.1. The Morgan fingerprint density at radius 3 is 2.64 bits per heavy atom. The molecule has 0 bridgehead atoms. The van der Waals surface area contributed by atoms with Crippen LogP contribution in [0.2, 0.25) is 5.02 Å². The minimum absolute atomic E-state index is 0.0770. The molecule has 1 aliphatic rings. The highest BCUT2D eigenvalue weighted by Crippen LogP contribution is 2.35. The standard InChI is InChI=1S/C24H19ClF2N2O4/c1-14(15-7-8-20(19(25)11-15)32-13-21(26)27)29-12-18-17(23(29)30)9-10-28-22(18)24(31)33-16-5-3-2-4-6-16/h2-11,14,21H,12-13H2,1H3. The molecule has 170 valence electrons. The van der Waals surface area contributed by atoms with Crippen molar-refractivity contribution in [3.05, 3.63) is 88.2 Å². The van der Waals surface area contributed by atoms with Gasteiger partial charge >= 0.3 is 5.97 Å². The number of benzene rings is 2. The van der Waals surface area contributed by atoms with Crippen molar-refractivity contribution in [1.82, 2.24) is 9.88 Å². The van der Waals surface area contributed by atoms with Crippen LogP contribution in [0.25, 0.3) is 0 Å². The molecule has 1 unspecified atom stereocenters. The Morgan fingerprint density at radius 2 is 1.94 bits per heavy atom. The minimum atomic E-state index is -2.61. The van der Waals surface area contributed by atoms with Crippen LogP contribution in [0.15, 0.2) is 60.8 Å². The van der Waals surface area contributed by atoms with Gasteiger partial charge in [-0.05, 0) is 42.8 Å². The number of carbonyl (C=O) groups excluding carboxylic acids is 2. The fourth-order valence-corrected chi connectivity index (χ4v) is 3.85. The highest BCUT2D eigenvalue weighted by molar-refractivity contribution is 6.32. The Labute approximate surface area is 193 Å². The van der Waals surface area contributed by atoms with E-state index in [4.69, 9.17) is 21.1 Å². The maximum atomic E-state index is 13.1.